The number of carbonyl (C=O) groups excluding carboxylic acids is 1. The Bertz CT molecular complexity index is 949. The Morgan fingerprint density at radius 3 is 2.39 bits per heavy atom. The van der Waals surface area contributed by atoms with Gasteiger partial charge in [-0.2, -0.15) is 0 Å². The first kappa shape index (κ1) is 23.7. The quantitative estimate of drug-likeness (QED) is 0.654. The van der Waals surface area contributed by atoms with Crippen molar-refractivity contribution in [3.05, 3.63) is 54.6 Å². The maximum absolute atomic E-state index is 13.7. The second-order valence-electron chi connectivity index (χ2n) is 9.27. The summed E-state index contributed by atoms with van der Waals surface area (Å²) in [5.74, 6) is 1.94. The predicted molar refractivity (Wildman–Crippen MR) is 132 cm³/mol. The Morgan fingerprint density at radius 1 is 1.03 bits per heavy atom. The van der Waals surface area contributed by atoms with E-state index < -0.39 is 5.54 Å². The number of amides is 1. The lowest BCUT2D eigenvalue weighted by atomic mass is 9.85. The Kier molecular flexibility index (Phi) is 7.05. The summed E-state index contributed by atoms with van der Waals surface area (Å²) in [4.78, 5) is 20.6. The van der Waals surface area contributed by atoms with Crippen LogP contribution < -0.4 is 14.4 Å². The van der Waals surface area contributed by atoms with Gasteiger partial charge >= 0.3 is 0 Å². The number of anilines is 1. The van der Waals surface area contributed by atoms with Gasteiger partial charge < -0.3 is 19.3 Å². The van der Waals surface area contributed by atoms with Crippen molar-refractivity contribution in [3.8, 4) is 11.5 Å². The van der Waals surface area contributed by atoms with Crippen LogP contribution in [0.15, 0.2) is 54.6 Å². The van der Waals surface area contributed by atoms with Crippen molar-refractivity contribution in [2.45, 2.75) is 50.8 Å². The van der Waals surface area contributed by atoms with E-state index in [9.17, 15) is 4.79 Å². The summed E-state index contributed by atoms with van der Waals surface area (Å²) in [5.41, 5.74) is 0.693. The highest BCUT2D eigenvalue weighted by molar-refractivity contribution is 5.93. The molecule has 2 saturated heterocycles. The Morgan fingerprint density at radius 2 is 1.70 bits per heavy atom. The highest BCUT2D eigenvalue weighted by atomic mass is 35.5. The number of halogens is 1. The molecule has 2 atom stereocenters. The third-order valence-corrected chi connectivity index (χ3v) is 7.37. The monoisotopic (exact) mass is 471 g/mol. The lowest BCUT2D eigenvalue weighted by Gasteiger charge is -2.44. The number of fused-ring (bicyclic) bond motifs is 1. The van der Waals surface area contributed by atoms with Gasteiger partial charge in [0, 0.05) is 31.4 Å². The fourth-order valence-corrected chi connectivity index (χ4v) is 5.26. The molecule has 0 bridgehead atoms. The normalized spacial score (nSPS) is 22.8. The standard InChI is InChI=1S/C26H33N3O3.ClH/c1-3-20(2)28-19-29(21-9-5-4-6-10-21)26(25(28)30)13-15-27(16-14-26)17-22-18-31-23-11-7-8-12-24(23)32-22;/h4-12,20,22H,3,13-19H2,1-2H3;1H. The SMILES string of the molecule is CCC(C)N1CN(c2ccccc2)C2(CCN(CC3COc4ccccc4O3)CC2)C1=O.Cl. The highest BCUT2D eigenvalue weighted by Gasteiger charge is 2.54. The molecular weight excluding hydrogens is 438 g/mol. The van der Waals surface area contributed by atoms with Crippen LogP contribution in [0.4, 0.5) is 5.69 Å². The lowest BCUT2D eigenvalue weighted by molar-refractivity contribution is -0.135. The fourth-order valence-electron chi connectivity index (χ4n) is 5.26. The van der Waals surface area contributed by atoms with E-state index in [2.05, 4.69) is 52.8 Å². The molecule has 6 nitrogen and oxygen atoms in total. The van der Waals surface area contributed by atoms with E-state index in [1.807, 2.05) is 30.3 Å². The zero-order valence-electron chi connectivity index (χ0n) is 19.5. The molecule has 2 unspecified atom stereocenters. The van der Waals surface area contributed by atoms with E-state index in [0.29, 0.717) is 19.2 Å². The molecule has 1 amide bonds. The second-order valence-corrected chi connectivity index (χ2v) is 9.27. The minimum atomic E-state index is -0.447. The van der Waals surface area contributed by atoms with Crippen LogP contribution in [0, 0.1) is 0 Å². The average molecular weight is 472 g/mol. The number of para-hydroxylation sites is 3. The van der Waals surface area contributed by atoms with Gasteiger partial charge in [0.1, 0.15) is 18.2 Å². The molecule has 0 aliphatic carbocycles. The fraction of sp³-hybridized carbons (Fsp3) is 0.500. The van der Waals surface area contributed by atoms with E-state index in [1.54, 1.807) is 0 Å². The maximum atomic E-state index is 13.7. The summed E-state index contributed by atoms with van der Waals surface area (Å²) in [6.07, 6.45) is 2.65. The van der Waals surface area contributed by atoms with Gasteiger partial charge in [0.2, 0.25) is 5.91 Å². The number of rotatable bonds is 5. The maximum Gasteiger partial charge on any atom is 0.250 e. The molecule has 0 aromatic heterocycles. The van der Waals surface area contributed by atoms with Crippen molar-refractivity contribution in [3.63, 3.8) is 0 Å². The van der Waals surface area contributed by atoms with Gasteiger partial charge in [-0.25, -0.2) is 0 Å². The van der Waals surface area contributed by atoms with E-state index >= 15 is 0 Å². The minimum Gasteiger partial charge on any atom is -0.486 e. The minimum absolute atomic E-state index is 0. The molecule has 2 aromatic carbocycles. The number of benzene rings is 2. The van der Waals surface area contributed by atoms with Gasteiger partial charge in [-0.05, 0) is 50.5 Å². The molecule has 0 radical (unpaired) electrons. The number of likely N-dealkylation sites (tertiary alicyclic amines) is 1. The molecule has 1 spiro atoms. The van der Waals surface area contributed by atoms with Crippen molar-refractivity contribution in [1.29, 1.82) is 0 Å². The van der Waals surface area contributed by atoms with Crippen LogP contribution in [0.25, 0.3) is 0 Å². The second kappa shape index (κ2) is 9.82. The summed E-state index contributed by atoms with van der Waals surface area (Å²) in [7, 11) is 0. The molecular formula is C26H34ClN3O3. The number of nitrogens with zero attached hydrogens (tertiary/aromatic N) is 3. The Labute approximate surface area is 202 Å². The van der Waals surface area contributed by atoms with E-state index in [0.717, 1.165) is 56.1 Å². The molecule has 5 rings (SSSR count). The molecule has 3 aliphatic heterocycles. The summed E-state index contributed by atoms with van der Waals surface area (Å²) in [6, 6.07) is 18.5. The number of ether oxygens (including phenoxy) is 2. The van der Waals surface area contributed by atoms with Crippen molar-refractivity contribution in [2.24, 2.45) is 0 Å². The number of hydrogen-bond acceptors (Lipinski definition) is 5. The largest absolute Gasteiger partial charge is 0.486 e. The zero-order chi connectivity index (χ0) is 22.1. The summed E-state index contributed by atoms with van der Waals surface area (Å²) < 4.78 is 12.1. The van der Waals surface area contributed by atoms with Crippen LogP contribution in [0.3, 0.4) is 0 Å². The number of piperidine rings is 1. The van der Waals surface area contributed by atoms with Crippen LogP contribution in [-0.2, 0) is 4.79 Å². The van der Waals surface area contributed by atoms with Crippen molar-refractivity contribution in [1.82, 2.24) is 9.80 Å². The third kappa shape index (κ3) is 4.38. The first-order chi connectivity index (χ1) is 15.6. The Hall–Kier alpha value is -2.44. The van der Waals surface area contributed by atoms with Crippen LogP contribution in [0.5, 0.6) is 11.5 Å². The van der Waals surface area contributed by atoms with Gasteiger partial charge in [-0.1, -0.05) is 37.3 Å². The molecule has 33 heavy (non-hydrogen) atoms. The van der Waals surface area contributed by atoms with Gasteiger partial charge in [-0.15, -0.1) is 12.4 Å². The van der Waals surface area contributed by atoms with Gasteiger partial charge in [0.25, 0.3) is 0 Å². The van der Waals surface area contributed by atoms with Crippen LogP contribution in [0.2, 0.25) is 0 Å². The Balaban J connectivity index is 0.00000259. The summed E-state index contributed by atoms with van der Waals surface area (Å²) >= 11 is 0. The first-order valence-electron chi connectivity index (χ1n) is 11.9. The molecule has 3 heterocycles. The van der Waals surface area contributed by atoms with E-state index in [4.69, 9.17) is 9.47 Å². The molecule has 178 valence electrons. The molecule has 2 fully saturated rings. The van der Waals surface area contributed by atoms with Crippen molar-refractivity contribution >= 4 is 24.0 Å². The average Bonchev–Trinajstić information content (AvgIpc) is 3.12. The smallest absolute Gasteiger partial charge is 0.250 e. The van der Waals surface area contributed by atoms with E-state index in [-0.39, 0.29) is 24.6 Å². The first-order valence-corrected chi connectivity index (χ1v) is 11.9. The lowest BCUT2D eigenvalue weighted by Crippen LogP contribution is -2.58. The molecule has 0 N–H and O–H groups in total. The zero-order valence-corrected chi connectivity index (χ0v) is 20.3. The topological polar surface area (TPSA) is 45.2 Å². The molecule has 3 aliphatic rings. The van der Waals surface area contributed by atoms with E-state index in [1.165, 1.54) is 0 Å². The van der Waals surface area contributed by atoms with Crippen LogP contribution in [0.1, 0.15) is 33.1 Å². The van der Waals surface area contributed by atoms with Gasteiger partial charge in [0.15, 0.2) is 11.5 Å². The predicted octanol–water partition coefficient (Wildman–Crippen LogP) is 4.19. The van der Waals surface area contributed by atoms with Gasteiger partial charge in [-0.3, -0.25) is 9.69 Å². The molecule has 0 saturated carbocycles. The van der Waals surface area contributed by atoms with Crippen LogP contribution >= 0.6 is 12.4 Å². The molecule has 2 aromatic rings. The summed E-state index contributed by atoms with van der Waals surface area (Å²) in [5, 5.41) is 0. The summed E-state index contributed by atoms with van der Waals surface area (Å²) in [6.45, 7) is 8.13. The van der Waals surface area contributed by atoms with Crippen molar-refractivity contribution < 1.29 is 14.3 Å². The molecule has 7 heteroatoms. The number of carbonyl (C=O) groups is 1. The highest BCUT2D eigenvalue weighted by Crippen LogP contribution is 2.40. The third-order valence-electron chi connectivity index (χ3n) is 7.37. The van der Waals surface area contributed by atoms with Gasteiger partial charge in [0.05, 0.1) is 6.67 Å². The van der Waals surface area contributed by atoms with Crippen molar-refractivity contribution in [2.75, 3.05) is 37.8 Å². The van der Waals surface area contributed by atoms with Crippen LogP contribution in [-0.4, -0.2) is 66.3 Å². The number of hydrogen-bond donors (Lipinski definition) is 0.